The molecule has 1 N–H and O–H groups in total. The van der Waals surface area contributed by atoms with Crippen LogP contribution in [0.15, 0.2) is 23.1 Å². The van der Waals surface area contributed by atoms with Crippen molar-refractivity contribution < 1.29 is 14.4 Å². The van der Waals surface area contributed by atoms with E-state index in [0.717, 1.165) is 39.4 Å². The molecular formula is C31H42N2O3S. The third kappa shape index (κ3) is 5.37. The monoisotopic (exact) mass is 522 g/mol. The zero-order chi connectivity index (χ0) is 25.4. The van der Waals surface area contributed by atoms with Gasteiger partial charge in [0, 0.05) is 23.4 Å². The summed E-state index contributed by atoms with van der Waals surface area (Å²) in [6.45, 7) is 0.466. The molecule has 6 heteroatoms. The van der Waals surface area contributed by atoms with E-state index in [4.69, 9.17) is 0 Å². The molecule has 1 atom stereocenters. The number of unbranched alkanes of at least 4 members (excludes halogenated alkanes) is 5. The van der Waals surface area contributed by atoms with Gasteiger partial charge in [-0.25, -0.2) is 0 Å². The van der Waals surface area contributed by atoms with Gasteiger partial charge < -0.3 is 4.90 Å². The van der Waals surface area contributed by atoms with Crippen molar-refractivity contribution in [2.24, 2.45) is 23.2 Å². The number of benzene rings is 1. The van der Waals surface area contributed by atoms with Crippen LogP contribution in [0.1, 0.15) is 112 Å². The quantitative estimate of drug-likeness (QED) is 0.205. The lowest BCUT2D eigenvalue weighted by atomic mass is 9.48. The normalized spacial score (nSPS) is 32.2. The number of rotatable bonds is 11. The molecule has 2 heterocycles. The molecular weight excluding hydrogens is 480 g/mol. The van der Waals surface area contributed by atoms with Crippen LogP contribution in [0.2, 0.25) is 0 Å². The predicted octanol–water partition coefficient (Wildman–Crippen LogP) is 6.49. The van der Waals surface area contributed by atoms with Crippen molar-refractivity contribution in [3.05, 3.63) is 29.3 Å². The van der Waals surface area contributed by atoms with Crippen molar-refractivity contribution in [2.45, 2.75) is 114 Å². The van der Waals surface area contributed by atoms with Crippen LogP contribution in [0, 0.1) is 23.2 Å². The Labute approximate surface area is 225 Å². The Morgan fingerprint density at radius 1 is 0.892 bits per heavy atom. The van der Waals surface area contributed by atoms with Crippen molar-refractivity contribution in [3.63, 3.8) is 0 Å². The second-order valence-corrected chi connectivity index (χ2v) is 14.0. The van der Waals surface area contributed by atoms with E-state index in [2.05, 4.69) is 11.4 Å². The number of piperidine rings is 1. The maximum absolute atomic E-state index is 13.0. The fourth-order valence-electron chi connectivity index (χ4n) is 8.78. The summed E-state index contributed by atoms with van der Waals surface area (Å²) in [6, 6.07) is 5.39. The Bertz CT molecular complexity index is 1020. The van der Waals surface area contributed by atoms with Gasteiger partial charge in [0.15, 0.2) is 0 Å². The molecule has 1 aromatic rings. The minimum absolute atomic E-state index is 0.0829. The molecule has 1 aromatic carbocycles. The van der Waals surface area contributed by atoms with E-state index >= 15 is 0 Å². The molecule has 200 valence electrons. The molecule has 4 aliphatic carbocycles. The minimum atomic E-state index is -0.543. The predicted molar refractivity (Wildman–Crippen MR) is 146 cm³/mol. The van der Waals surface area contributed by atoms with Crippen molar-refractivity contribution in [2.75, 3.05) is 5.75 Å². The Kier molecular flexibility index (Phi) is 7.39. The van der Waals surface area contributed by atoms with E-state index in [1.54, 1.807) is 43.4 Å². The number of thioether (sulfide) groups is 1. The molecule has 5 nitrogen and oxygen atoms in total. The van der Waals surface area contributed by atoms with Crippen LogP contribution in [0.25, 0.3) is 0 Å². The molecule has 3 amide bonds. The number of carbonyl (C=O) groups is 3. The van der Waals surface area contributed by atoms with Gasteiger partial charge in [-0.2, -0.15) is 0 Å². The second kappa shape index (κ2) is 10.7. The zero-order valence-corrected chi connectivity index (χ0v) is 23.0. The van der Waals surface area contributed by atoms with Crippen LogP contribution >= 0.6 is 11.8 Å². The lowest BCUT2D eigenvalue weighted by Crippen LogP contribution is -2.52. The average molecular weight is 523 g/mol. The molecule has 7 rings (SSSR count). The molecule has 0 spiro atoms. The standard InChI is InChI=1S/C31H42N2O3S/c34-28-11-10-26(29(35)32-28)33-20-25-24(30(33)36)8-7-9-27(25)37-13-6-4-2-1-3-5-12-31-17-21-14-22(18-31)16-23(15-21)19-31/h7-9,21-23,26H,1-6,10-20H2,(H,32,34,35). The topological polar surface area (TPSA) is 66.5 Å². The molecule has 2 aliphatic heterocycles. The molecule has 5 fully saturated rings. The van der Waals surface area contributed by atoms with E-state index in [9.17, 15) is 14.4 Å². The van der Waals surface area contributed by atoms with Gasteiger partial charge in [0.2, 0.25) is 11.8 Å². The maximum Gasteiger partial charge on any atom is 0.255 e. The second-order valence-electron chi connectivity index (χ2n) is 12.8. The summed E-state index contributed by atoms with van der Waals surface area (Å²) in [5, 5.41) is 2.39. The van der Waals surface area contributed by atoms with Gasteiger partial charge in [0.25, 0.3) is 5.91 Å². The number of hydrogen-bond donors (Lipinski definition) is 1. The first kappa shape index (κ1) is 25.5. The summed E-state index contributed by atoms with van der Waals surface area (Å²) in [6.07, 6.45) is 19.5. The van der Waals surface area contributed by atoms with Crippen LogP contribution < -0.4 is 5.32 Å². The van der Waals surface area contributed by atoms with Gasteiger partial charge in [-0.05, 0) is 104 Å². The van der Waals surface area contributed by atoms with E-state index in [0.29, 0.717) is 24.9 Å². The summed E-state index contributed by atoms with van der Waals surface area (Å²) in [4.78, 5) is 39.7. The van der Waals surface area contributed by atoms with Gasteiger partial charge in [0.05, 0.1) is 0 Å². The number of carbonyl (C=O) groups excluding carboxylic acids is 3. The van der Waals surface area contributed by atoms with Gasteiger partial charge in [0.1, 0.15) is 6.04 Å². The smallest absolute Gasteiger partial charge is 0.255 e. The Morgan fingerprint density at radius 3 is 2.27 bits per heavy atom. The number of fused-ring (bicyclic) bond motifs is 1. The number of hydrogen-bond acceptors (Lipinski definition) is 4. The molecule has 1 unspecified atom stereocenters. The maximum atomic E-state index is 13.0. The molecule has 0 aromatic heterocycles. The van der Waals surface area contributed by atoms with Crippen LogP contribution in [-0.2, 0) is 16.1 Å². The third-order valence-corrected chi connectivity index (χ3v) is 11.2. The fourth-order valence-corrected chi connectivity index (χ4v) is 9.87. The van der Waals surface area contributed by atoms with E-state index in [1.165, 1.54) is 44.9 Å². The Morgan fingerprint density at radius 2 is 1.57 bits per heavy atom. The van der Waals surface area contributed by atoms with E-state index in [1.807, 2.05) is 23.9 Å². The molecule has 37 heavy (non-hydrogen) atoms. The first-order valence-electron chi connectivity index (χ1n) is 14.9. The van der Waals surface area contributed by atoms with Crippen LogP contribution in [0.4, 0.5) is 0 Å². The molecule has 4 bridgehead atoms. The van der Waals surface area contributed by atoms with Crippen LogP contribution in [-0.4, -0.2) is 34.4 Å². The van der Waals surface area contributed by atoms with Gasteiger partial charge in [-0.1, -0.05) is 38.2 Å². The van der Waals surface area contributed by atoms with Crippen LogP contribution in [0.5, 0.6) is 0 Å². The number of amides is 3. The summed E-state index contributed by atoms with van der Waals surface area (Å²) in [5.41, 5.74) is 2.51. The van der Waals surface area contributed by atoms with E-state index < -0.39 is 6.04 Å². The lowest BCUT2D eigenvalue weighted by Gasteiger charge is -2.57. The van der Waals surface area contributed by atoms with Crippen molar-refractivity contribution >= 4 is 29.5 Å². The molecule has 1 saturated heterocycles. The first-order chi connectivity index (χ1) is 18.0. The van der Waals surface area contributed by atoms with Crippen molar-refractivity contribution in [1.29, 1.82) is 0 Å². The lowest BCUT2D eigenvalue weighted by molar-refractivity contribution is -0.136. The minimum Gasteiger partial charge on any atom is -0.322 e. The number of nitrogens with zero attached hydrogens (tertiary/aromatic N) is 1. The first-order valence-corrected chi connectivity index (χ1v) is 15.9. The van der Waals surface area contributed by atoms with Gasteiger partial charge in [-0.3, -0.25) is 19.7 Å². The molecule has 0 radical (unpaired) electrons. The van der Waals surface area contributed by atoms with Gasteiger partial charge >= 0.3 is 0 Å². The van der Waals surface area contributed by atoms with Crippen molar-refractivity contribution in [1.82, 2.24) is 10.2 Å². The number of nitrogens with one attached hydrogen (secondary N) is 1. The number of imide groups is 1. The van der Waals surface area contributed by atoms with Crippen LogP contribution in [0.3, 0.4) is 0 Å². The third-order valence-electron chi connectivity index (χ3n) is 10.1. The fraction of sp³-hybridized carbons (Fsp3) is 0.710. The highest BCUT2D eigenvalue weighted by atomic mass is 32.2. The van der Waals surface area contributed by atoms with E-state index in [-0.39, 0.29) is 17.7 Å². The highest BCUT2D eigenvalue weighted by molar-refractivity contribution is 7.99. The highest BCUT2D eigenvalue weighted by Gasteiger charge is 2.50. The molecule has 6 aliphatic rings. The largest absolute Gasteiger partial charge is 0.322 e. The Hall–Kier alpha value is -1.82. The Balaban J connectivity index is 0.896. The highest BCUT2D eigenvalue weighted by Crippen LogP contribution is 2.61. The summed E-state index contributed by atoms with van der Waals surface area (Å²) >= 11 is 1.84. The summed E-state index contributed by atoms with van der Waals surface area (Å²) in [5.74, 6) is 3.63. The molecule has 4 saturated carbocycles. The SMILES string of the molecule is O=C1CCC(N2Cc3c(SCCCCCCCCC45CC6CC(CC(C6)C4)C5)cccc3C2=O)C(=O)N1. The summed E-state index contributed by atoms with van der Waals surface area (Å²) < 4.78 is 0. The zero-order valence-electron chi connectivity index (χ0n) is 22.1. The average Bonchev–Trinajstić information content (AvgIpc) is 3.19. The summed E-state index contributed by atoms with van der Waals surface area (Å²) in [7, 11) is 0. The van der Waals surface area contributed by atoms with Gasteiger partial charge in [-0.15, -0.1) is 11.8 Å². The van der Waals surface area contributed by atoms with Crippen molar-refractivity contribution in [3.8, 4) is 0 Å².